The SMILES string of the molecule is CC1CN(Cc2ccc([N+](=O)[O-])c(F)c2)CCO1. The Balaban J connectivity index is 2.05. The molecule has 0 aromatic heterocycles. The summed E-state index contributed by atoms with van der Waals surface area (Å²) in [6.07, 6.45) is 0.168. The molecule has 0 amide bonds. The molecule has 0 aliphatic carbocycles. The average Bonchev–Trinajstić information content (AvgIpc) is 2.28. The number of nitrogens with zero attached hydrogens (tertiary/aromatic N) is 2. The molecule has 5 nitrogen and oxygen atoms in total. The third-order valence-electron chi connectivity index (χ3n) is 2.94. The zero-order valence-electron chi connectivity index (χ0n) is 10.1. The average molecular weight is 254 g/mol. The lowest BCUT2D eigenvalue weighted by Crippen LogP contribution is -2.40. The summed E-state index contributed by atoms with van der Waals surface area (Å²) >= 11 is 0. The lowest BCUT2D eigenvalue weighted by Gasteiger charge is -2.31. The van der Waals surface area contributed by atoms with Crippen LogP contribution < -0.4 is 0 Å². The van der Waals surface area contributed by atoms with Gasteiger partial charge in [-0.05, 0) is 18.6 Å². The Morgan fingerprint density at radius 3 is 3.00 bits per heavy atom. The number of rotatable bonds is 3. The van der Waals surface area contributed by atoms with E-state index in [1.54, 1.807) is 6.07 Å². The summed E-state index contributed by atoms with van der Waals surface area (Å²) in [5, 5.41) is 10.5. The van der Waals surface area contributed by atoms with E-state index in [1.807, 2.05) is 6.92 Å². The normalized spacial score (nSPS) is 20.9. The molecule has 0 N–H and O–H groups in total. The Kier molecular flexibility index (Phi) is 3.88. The van der Waals surface area contributed by atoms with Crippen LogP contribution in [0.15, 0.2) is 18.2 Å². The third-order valence-corrected chi connectivity index (χ3v) is 2.94. The second-order valence-electron chi connectivity index (χ2n) is 4.46. The fourth-order valence-corrected chi connectivity index (χ4v) is 2.09. The van der Waals surface area contributed by atoms with Crippen molar-refractivity contribution in [3.63, 3.8) is 0 Å². The van der Waals surface area contributed by atoms with Crippen LogP contribution in [0.1, 0.15) is 12.5 Å². The van der Waals surface area contributed by atoms with Gasteiger partial charge in [0.25, 0.3) is 0 Å². The summed E-state index contributed by atoms with van der Waals surface area (Å²) in [6.45, 7) is 4.82. The Morgan fingerprint density at radius 2 is 2.39 bits per heavy atom. The predicted molar refractivity (Wildman–Crippen MR) is 63.7 cm³/mol. The number of morpholine rings is 1. The number of benzene rings is 1. The minimum Gasteiger partial charge on any atom is -0.376 e. The topological polar surface area (TPSA) is 55.6 Å². The molecule has 1 aliphatic rings. The highest BCUT2D eigenvalue weighted by molar-refractivity contribution is 5.34. The lowest BCUT2D eigenvalue weighted by molar-refractivity contribution is -0.387. The van der Waals surface area contributed by atoms with Gasteiger partial charge in [0.15, 0.2) is 0 Å². The molecule has 1 aromatic rings. The molecule has 1 heterocycles. The first-order valence-electron chi connectivity index (χ1n) is 5.83. The van der Waals surface area contributed by atoms with E-state index in [4.69, 9.17) is 4.74 Å². The van der Waals surface area contributed by atoms with Crippen LogP contribution in [0.5, 0.6) is 0 Å². The van der Waals surface area contributed by atoms with E-state index < -0.39 is 16.4 Å². The van der Waals surface area contributed by atoms with E-state index in [9.17, 15) is 14.5 Å². The highest BCUT2D eigenvalue weighted by atomic mass is 19.1. The van der Waals surface area contributed by atoms with Crippen molar-refractivity contribution >= 4 is 5.69 Å². The maximum absolute atomic E-state index is 13.4. The van der Waals surface area contributed by atoms with Crippen LogP contribution in [0.25, 0.3) is 0 Å². The molecule has 1 unspecified atom stereocenters. The maximum Gasteiger partial charge on any atom is 0.304 e. The second kappa shape index (κ2) is 5.41. The van der Waals surface area contributed by atoms with Crippen LogP contribution in [-0.4, -0.2) is 35.6 Å². The Morgan fingerprint density at radius 1 is 1.61 bits per heavy atom. The van der Waals surface area contributed by atoms with Gasteiger partial charge in [-0.25, -0.2) is 0 Å². The van der Waals surface area contributed by atoms with Crippen molar-refractivity contribution in [1.29, 1.82) is 0 Å². The number of hydrogen-bond acceptors (Lipinski definition) is 4. The predicted octanol–water partition coefficient (Wildman–Crippen LogP) is 1.95. The molecule has 0 saturated carbocycles. The molecule has 0 bridgehead atoms. The van der Waals surface area contributed by atoms with Crippen LogP contribution in [0.4, 0.5) is 10.1 Å². The van der Waals surface area contributed by atoms with Crippen molar-refractivity contribution in [2.75, 3.05) is 19.7 Å². The van der Waals surface area contributed by atoms with Gasteiger partial charge in [0, 0.05) is 25.7 Å². The van der Waals surface area contributed by atoms with Gasteiger partial charge in [-0.3, -0.25) is 15.0 Å². The van der Waals surface area contributed by atoms with Gasteiger partial charge in [-0.15, -0.1) is 0 Å². The Labute approximate surface area is 104 Å². The first-order chi connectivity index (χ1) is 8.56. The van der Waals surface area contributed by atoms with E-state index in [1.165, 1.54) is 12.1 Å². The molecule has 6 heteroatoms. The van der Waals surface area contributed by atoms with E-state index in [-0.39, 0.29) is 6.10 Å². The van der Waals surface area contributed by atoms with Gasteiger partial charge < -0.3 is 4.74 Å². The quantitative estimate of drug-likeness (QED) is 0.611. The van der Waals surface area contributed by atoms with Gasteiger partial charge in [-0.2, -0.15) is 4.39 Å². The summed E-state index contributed by atoms with van der Waals surface area (Å²) < 4.78 is 18.9. The highest BCUT2D eigenvalue weighted by Gasteiger charge is 2.18. The number of nitro benzene ring substituents is 1. The summed E-state index contributed by atoms with van der Waals surface area (Å²) in [5.74, 6) is -0.779. The number of ether oxygens (including phenoxy) is 1. The zero-order valence-corrected chi connectivity index (χ0v) is 10.1. The number of hydrogen-bond donors (Lipinski definition) is 0. The molecule has 18 heavy (non-hydrogen) atoms. The molecule has 1 fully saturated rings. The highest BCUT2D eigenvalue weighted by Crippen LogP contribution is 2.19. The summed E-state index contributed by atoms with van der Waals surface area (Å²) in [6, 6.07) is 4.05. The zero-order chi connectivity index (χ0) is 13.1. The van der Waals surface area contributed by atoms with Gasteiger partial charge in [0.05, 0.1) is 17.6 Å². The van der Waals surface area contributed by atoms with Crippen molar-refractivity contribution in [2.45, 2.75) is 19.6 Å². The molecule has 1 saturated heterocycles. The first kappa shape index (κ1) is 12.9. The van der Waals surface area contributed by atoms with Crippen molar-refractivity contribution in [1.82, 2.24) is 4.90 Å². The third kappa shape index (κ3) is 3.02. The molecular formula is C12H15FN2O3. The van der Waals surface area contributed by atoms with Crippen molar-refractivity contribution in [2.24, 2.45) is 0 Å². The van der Waals surface area contributed by atoms with Gasteiger partial charge in [0.2, 0.25) is 5.82 Å². The van der Waals surface area contributed by atoms with E-state index >= 15 is 0 Å². The lowest BCUT2D eigenvalue weighted by atomic mass is 10.1. The smallest absolute Gasteiger partial charge is 0.304 e. The molecule has 1 atom stereocenters. The van der Waals surface area contributed by atoms with Crippen LogP contribution in [0.3, 0.4) is 0 Å². The van der Waals surface area contributed by atoms with Crippen LogP contribution >= 0.6 is 0 Å². The van der Waals surface area contributed by atoms with Crippen molar-refractivity contribution < 1.29 is 14.1 Å². The van der Waals surface area contributed by atoms with Gasteiger partial charge in [-0.1, -0.05) is 6.07 Å². The minimum absolute atomic E-state index is 0.168. The largest absolute Gasteiger partial charge is 0.376 e. The fourth-order valence-electron chi connectivity index (χ4n) is 2.09. The molecule has 1 aliphatic heterocycles. The van der Waals surface area contributed by atoms with E-state index in [0.717, 1.165) is 18.7 Å². The Bertz CT molecular complexity index is 453. The molecular weight excluding hydrogens is 239 g/mol. The second-order valence-corrected chi connectivity index (χ2v) is 4.46. The first-order valence-corrected chi connectivity index (χ1v) is 5.83. The molecule has 0 spiro atoms. The van der Waals surface area contributed by atoms with Crippen LogP contribution in [-0.2, 0) is 11.3 Å². The minimum atomic E-state index is -0.779. The summed E-state index contributed by atoms with van der Waals surface area (Å²) in [4.78, 5) is 11.9. The van der Waals surface area contributed by atoms with E-state index in [0.29, 0.717) is 13.2 Å². The standard InChI is InChI=1S/C12H15FN2O3/c1-9-7-14(4-5-18-9)8-10-2-3-12(15(16)17)11(13)6-10/h2-3,6,9H,4-5,7-8H2,1H3. The summed E-state index contributed by atoms with van der Waals surface area (Å²) in [7, 11) is 0. The van der Waals surface area contributed by atoms with E-state index in [2.05, 4.69) is 4.90 Å². The van der Waals surface area contributed by atoms with Crippen molar-refractivity contribution in [3.05, 3.63) is 39.7 Å². The summed E-state index contributed by atoms with van der Waals surface area (Å²) in [5.41, 5.74) is 0.265. The van der Waals surface area contributed by atoms with Gasteiger partial charge >= 0.3 is 5.69 Å². The van der Waals surface area contributed by atoms with Crippen molar-refractivity contribution in [3.8, 4) is 0 Å². The molecule has 0 radical (unpaired) electrons. The van der Waals surface area contributed by atoms with Gasteiger partial charge in [0.1, 0.15) is 0 Å². The maximum atomic E-state index is 13.4. The number of nitro groups is 1. The van der Waals surface area contributed by atoms with Crippen LogP contribution in [0, 0.1) is 15.9 Å². The molecule has 2 rings (SSSR count). The molecule has 1 aromatic carbocycles. The number of halogens is 1. The van der Waals surface area contributed by atoms with Crippen LogP contribution in [0.2, 0.25) is 0 Å². The monoisotopic (exact) mass is 254 g/mol. The molecule has 98 valence electrons. The Hall–Kier alpha value is -1.53. The fraction of sp³-hybridized carbons (Fsp3) is 0.500.